The molecule has 0 aliphatic carbocycles. The Kier molecular flexibility index (Phi) is 7.61. The highest BCUT2D eigenvalue weighted by Crippen LogP contribution is 2.33. The number of carbonyl (C=O) groups excluding carboxylic acids is 4. The van der Waals surface area contributed by atoms with Crippen molar-refractivity contribution in [3.05, 3.63) is 58.1 Å². The monoisotopic (exact) mass is 474 g/mol. The lowest BCUT2D eigenvalue weighted by Crippen LogP contribution is -2.21. The second-order valence-corrected chi connectivity index (χ2v) is 7.67. The lowest BCUT2D eigenvalue weighted by Gasteiger charge is -2.07. The largest absolute Gasteiger partial charge is 0.462 e. The number of nitrogens with zero attached hydrogens (tertiary/aromatic N) is 2. The Morgan fingerprint density at radius 3 is 2.64 bits per heavy atom. The summed E-state index contributed by atoms with van der Waals surface area (Å²) in [6.45, 7) is 3.07. The highest BCUT2D eigenvalue weighted by atomic mass is 32.1. The fourth-order valence-corrected chi connectivity index (χ4v) is 4.03. The van der Waals surface area contributed by atoms with Gasteiger partial charge in [0.2, 0.25) is 5.76 Å². The quantitative estimate of drug-likeness (QED) is 0.450. The molecule has 0 saturated heterocycles. The first-order chi connectivity index (χ1) is 15.8. The molecule has 3 rings (SSSR count). The third kappa shape index (κ3) is 5.66. The van der Waals surface area contributed by atoms with Crippen LogP contribution in [0.4, 0.5) is 5.00 Å². The van der Waals surface area contributed by atoms with Gasteiger partial charge in [-0.3, -0.25) is 14.3 Å². The Balaban J connectivity index is 1.64. The lowest BCUT2D eigenvalue weighted by atomic mass is 10.1. The van der Waals surface area contributed by atoms with E-state index in [9.17, 15) is 19.2 Å². The summed E-state index contributed by atoms with van der Waals surface area (Å²) in [5.41, 5.74) is 0.458. The fraction of sp³-hybridized carbons (Fsp3) is 0.286. The molecular formula is C21H22N4O7S. The molecule has 174 valence electrons. The lowest BCUT2D eigenvalue weighted by molar-refractivity contribution is -0.119. The molecule has 12 heteroatoms. The summed E-state index contributed by atoms with van der Waals surface area (Å²) in [6.07, 6.45) is 3.37. The summed E-state index contributed by atoms with van der Waals surface area (Å²) in [4.78, 5) is 49.3. The number of carbonyl (C=O) groups is 4. The van der Waals surface area contributed by atoms with Crippen LogP contribution in [0, 0.1) is 6.92 Å². The van der Waals surface area contributed by atoms with Crippen LogP contribution >= 0.6 is 11.3 Å². The number of anilines is 1. The normalized spacial score (nSPS) is 10.5. The minimum atomic E-state index is -0.823. The minimum absolute atomic E-state index is 0.0639. The molecule has 0 saturated carbocycles. The summed E-state index contributed by atoms with van der Waals surface area (Å²) in [6, 6.07) is 4.81. The first-order valence-electron chi connectivity index (χ1n) is 9.89. The van der Waals surface area contributed by atoms with Gasteiger partial charge in [-0.1, -0.05) is 0 Å². The molecule has 2 N–H and O–H groups in total. The van der Waals surface area contributed by atoms with Gasteiger partial charge in [-0.15, -0.1) is 11.3 Å². The molecule has 2 amide bonds. The van der Waals surface area contributed by atoms with Gasteiger partial charge in [0, 0.05) is 19.4 Å². The second-order valence-electron chi connectivity index (χ2n) is 6.65. The first kappa shape index (κ1) is 23.7. The Labute approximate surface area is 192 Å². The molecule has 33 heavy (non-hydrogen) atoms. The first-order valence-corrected chi connectivity index (χ1v) is 10.7. The van der Waals surface area contributed by atoms with Gasteiger partial charge in [0.05, 0.1) is 23.6 Å². The zero-order valence-corrected chi connectivity index (χ0v) is 19.0. The van der Waals surface area contributed by atoms with Gasteiger partial charge in [-0.25, -0.2) is 9.59 Å². The van der Waals surface area contributed by atoms with Crippen LogP contribution in [0.15, 0.2) is 35.0 Å². The highest BCUT2D eigenvalue weighted by Gasteiger charge is 2.26. The van der Waals surface area contributed by atoms with Crippen LogP contribution in [-0.2, 0) is 20.8 Å². The van der Waals surface area contributed by atoms with E-state index in [0.29, 0.717) is 17.9 Å². The van der Waals surface area contributed by atoms with Crippen molar-refractivity contribution in [1.82, 2.24) is 15.1 Å². The van der Waals surface area contributed by atoms with Crippen LogP contribution in [-0.4, -0.2) is 53.8 Å². The van der Waals surface area contributed by atoms with E-state index in [1.54, 1.807) is 43.1 Å². The van der Waals surface area contributed by atoms with E-state index in [1.165, 1.54) is 13.1 Å². The van der Waals surface area contributed by atoms with Crippen molar-refractivity contribution >= 4 is 40.1 Å². The summed E-state index contributed by atoms with van der Waals surface area (Å²) in [5.74, 6) is -2.17. The van der Waals surface area contributed by atoms with Crippen molar-refractivity contribution in [3.63, 3.8) is 0 Å². The van der Waals surface area contributed by atoms with Gasteiger partial charge in [-0.05, 0) is 37.6 Å². The van der Waals surface area contributed by atoms with Gasteiger partial charge in [0.1, 0.15) is 10.8 Å². The van der Waals surface area contributed by atoms with E-state index >= 15 is 0 Å². The Bertz CT molecular complexity index is 1160. The van der Waals surface area contributed by atoms with E-state index in [4.69, 9.17) is 13.9 Å². The molecule has 0 spiro atoms. The minimum Gasteiger partial charge on any atom is -0.462 e. The van der Waals surface area contributed by atoms with Crippen LogP contribution in [0.25, 0.3) is 0 Å². The Morgan fingerprint density at radius 2 is 1.97 bits per heavy atom. The maximum Gasteiger partial charge on any atom is 0.374 e. The molecule has 0 aliphatic rings. The number of esters is 2. The average molecular weight is 474 g/mol. The number of nitrogens with one attached hydrogen (secondary N) is 2. The van der Waals surface area contributed by atoms with Gasteiger partial charge < -0.3 is 24.5 Å². The number of thiophene rings is 1. The van der Waals surface area contributed by atoms with Crippen molar-refractivity contribution < 1.29 is 33.1 Å². The predicted octanol–water partition coefficient (Wildman–Crippen LogP) is 2.23. The molecule has 0 atom stereocenters. The van der Waals surface area contributed by atoms with Crippen LogP contribution in [0.5, 0.6) is 0 Å². The number of amides is 2. The van der Waals surface area contributed by atoms with E-state index in [1.807, 2.05) is 0 Å². The zero-order chi connectivity index (χ0) is 24.0. The Morgan fingerprint density at radius 1 is 1.18 bits per heavy atom. The highest BCUT2D eigenvalue weighted by molar-refractivity contribution is 7.18. The van der Waals surface area contributed by atoms with Crippen LogP contribution < -0.4 is 10.6 Å². The zero-order valence-electron chi connectivity index (χ0n) is 18.2. The molecule has 0 aromatic carbocycles. The maximum atomic E-state index is 12.4. The Hall–Kier alpha value is -3.93. The average Bonchev–Trinajstić information content (AvgIpc) is 3.53. The maximum absolute atomic E-state index is 12.4. The van der Waals surface area contributed by atoms with E-state index < -0.39 is 30.4 Å². The summed E-state index contributed by atoms with van der Waals surface area (Å²) in [5, 5.41) is 9.17. The summed E-state index contributed by atoms with van der Waals surface area (Å²) in [7, 11) is 1.46. The number of hydrogen-bond acceptors (Lipinski definition) is 9. The molecule has 11 nitrogen and oxygen atoms in total. The molecule has 3 aromatic heterocycles. The number of ether oxygens (including phenoxy) is 2. The van der Waals surface area contributed by atoms with Gasteiger partial charge in [0.25, 0.3) is 11.8 Å². The molecule has 0 fully saturated rings. The van der Waals surface area contributed by atoms with Crippen molar-refractivity contribution in [2.45, 2.75) is 20.4 Å². The van der Waals surface area contributed by atoms with E-state index in [0.717, 1.165) is 11.3 Å². The predicted molar refractivity (Wildman–Crippen MR) is 117 cm³/mol. The van der Waals surface area contributed by atoms with E-state index in [-0.39, 0.29) is 27.8 Å². The number of furan rings is 1. The van der Waals surface area contributed by atoms with Crippen LogP contribution in [0.1, 0.15) is 48.8 Å². The molecule has 3 aromatic rings. The van der Waals surface area contributed by atoms with Gasteiger partial charge in [0.15, 0.2) is 6.61 Å². The summed E-state index contributed by atoms with van der Waals surface area (Å²) < 4.78 is 17.1. The molecule has 3 heterocycles. The SMILES string of the molecule is CCOC(=O)c1c(NC(=O)COC(=O)c2ccc(Cn3cccn3)o2)sc(C(=O)NC)c1C. The van der Waals surface area contributed by atoms with Crippen LogP contribution in [0.2, 0.25) is 0 Å². The number of aromatic nitrogens is 2. The van der Waals surface area contributed by atoms with Crippen molar-refractivity contribution in [3.8, 4) is 0 Å². The standard InChI is InChI=1S/C21H22N4O7S/c1-4-30-21(29)16-12(2)17(18(27)22-3)33-19(16)24-15(26)11-31-20(28)14-7-6-13(32-14)10-25-9-5-8-23-25/h5-9H,4,10-11H2,1-3H3,(H,22,27)(H,24,26). The van der Waals surface area contributed by atoms with Crippen LogP contribution in [0.3, 0.4) is 0 Å². The molecular weight excluding hydrogens is 452 g/mol. The van der Waals surface area contributed by atoms with Gasteiger partial charge >= 0.3 is 11.9 Å². The molecule has 0 radical (unpaired) electrons. The van der Waals surface area contributed by atoms with Crippen molar-refractivity contribution in [2.24, 2.45) is 0 Å². The van der Waals surface area contributed by atoms with Gasteiger partial charge in [-0.2, -0.15) is 5.10 Å². The fourth-order valence-electron chi connectivity index (χ4n) is 2.87. The second kappa shape index (κ2) is 10.6. The van der Waals surface area contributed by atoms with Crippen molar-refractivity contribution in [2.75, 3.05) is 25.6 Å². The summed E-state index contributed by atoms with van der Waals surface area (Å²) >= 11 is 0.925. The number of rotatable bonds is 9. The third-order valence-corrected chi connectivity index (χ3v) is 5.59. The van der Waals surface area contributed by atoms with Crippen molar-refractivity contribution in [1.29, 1.82) is 0 Å². The van der Waals surface area contributed by atoms with E-state index in [2.05, 4.69) is 15.7 Å². The molecule has 0 unspecified atom stereocenters. The molecule has 0 aliphatic heterocycles. The topological polar surface area (TPSA) is 142 Å². The molecule has 0 bridgehead atoms. The smallest absolute Gasteiger partial charge is 0.374 e. The number of hydrogen-bond donors (Lipinski definition) is 2. The third-order valence-electron chi connectivity index (χ3n) is 4.39.